The number of benzene rings is 2. The van der Waals surface area contributed by atoms with Crippen LogP contribution in [0.15, 0.2) is 41.2 Å². The summed E-state index contributed by atoms with van der Waals surface area (Å²) in [7, 11) is 3.10. The standard InChI is InChI=1S/C31H33F4N3O6/c1-16-10-19(6-7-21(16)27-24(43-5)12-18(3)37(4)29(27)40)13-23(30(41)42)36-28(39)26-17(2)11-20(14-22(26)32)38-8-9-44-15-25(38)31(33,34)35/h6-7,10-12,14,23,25H,8-9,13,15H2,1-5H3,(H,36,39)(H,41,42)/t23-,25+/m0/s1. The van der Waals surface area contributed by atoms with Gasteiger partial charge in [-0.3, -0.25) is 9.59 Å². The van der Waals surface area contributed by atoms with Crippen molar-refractivity contribution < 1.29 is 41.7 Å². The molecule has 9 nitrogen and oxygen atoms in total. The molecule has 1 fully saturated rings. The van der Waals surface area contributed by atoms with E-state index in [-0.39, 0.29) is 36.4 Å². The first-order chi connectivity index (χ1) is 20.6. The predicted molar refractivity (Wildman–Crippen MR) is 155 cm³/mol. The fraction of sp³-hybridized carbons (Fsp3) is 0.387. The van der Waals surface area contributed by atoms with Crippen molar-refractivity contribution in [2.75, 3.05) is 31.8 Å². The number of nitrogens with zero attached hydrogens (tertiary/aromatic N) is 2. The number of amides is 1. The number of hydrogen-bond acceptors (Lipinski definition) is 6. The number of carboxylic acids is 1. The molecule has 2 aromatic carbocycles. The summed E-state index contributed by atoms with van der Waals surface area (Å²) in [5.41, 5.74) is 2.09. The fourth-order valence-corrected chi connectivity index (χ4v) is 5.36. The summed E-state index contributed by atoms with van der Waals surface area (Å²) < 4.78 is 67.8. The molecule has 0 unspecified atom stereocenters. The maximum atomic E-state index is 15.2. The Hall–Kier alpha value is -4.39. The van der Waals surface area contributed by atoms with Gasteiger partial charge in [-0.2, -0.15) is 13.2 Å². The smallest absolute Gasteiger partial charge is 0.411 e. The molecule has 0 spiro atoms. The number of morpholine rings is 1. The number of hydrogen-bond donors (Lipinski definition) is 2. The van der Waals surface area contributed by atoms with Crippen LogP contribution in [0.2, 0.25) is 0 Å². The van der Waals surface area contributed by atoms with E-state index >= 15 is 4.39 Å². The molecule has 1 saturated heterocycles. The predicted octanol–water partition coefficient (Wildman–Crippen LogP) is 4.32. The van der Waals surface area contributed by atoms with Crippen molar-refractivity contribution in [3.05, 3.63) is 80.5 Å². The van der Waals surface area contributed by atoms with Crippen molar-refractivity contribution in [3.63, 3.8) is 0 Å². The molecule has 1 aliphatic heterocycles. The van der Waals surface area contributed by atoms with Gasteiger partial charge in [0.1, 0.15) is 23.7 Å². The second-order valence-corrected chi connectivity index (χ2v) is 10.8. The highest BCUT2D eigenvalue weighted by Crippen LogP contribution is 2.33. The number of halogens is 4. The summed E-state index contributed by atoms with van der Waals surface area (Å²) in [6, 6.07) is 5.40. The molecule has 1 aliphatic rings. The molecular formula is C31H33F4N3O6. The Morgan fingerprint density at radius 2 is 1.84 bits per heavy atom. The molecule has 0 bridgehead atoms. The third kappa shape index (κ3) is 6.57. The maximum Gasteiger partial charge on any atom is 0.411 e. The van der Waals surface area contributed by atoms with Gasteiger partial charge in [-0.15, -0.1) is 0 Å². The second-order valence-electron chi connectivity index (χ2n) is 10.8. The van der Waals surface area contributed by atoms with Gasteiger partial charge in [-0.1, -0.05) is 18.2 Å². The monoisotopic (exact) mass is 619 g/mol. The molecule has 13 heteroatoms. The SMILES string of the molecule is COc1cc(C)n(C)c(=O)c1-c1ccc(C[C@H](NC(=O)c2c(C)cc(N3CCOC[C@@H]3C(F)(F)F)cc2F)C(=O)O)cc1C. The minimum Gasteiger partial charge on any atom is -0.496 e. The Morgan fingerprint density at radius 1 is 1.14 bits per heavy atom. The van der Waals surface area contributed by atoms with Gasteiger partial charge in [0.2, 0.25) is 0 Å². The van der Waals surface area contributed by atoms with Crippen molar-refractivity contribution in [2.24, 2.45) is 7.05 Å². The summed E-state index contributed by atoms with van der Waals surface area (Å²) in [5.74, 6) is -3.08. The van der Waals surface area contributed by atoms with Gasteiger partial charge in [-0.05, 0) is 55.2 Å². The molecule has 1 amide bonds. The van der Waals surface area contributed by atoms with E-state index < -0.39 is 48.1 Å². The number of carbonyl (C=O) groups excluding carboxylic acids is 1. The summed E-state index contributed by atoms with van der Waals surface area (Å²) in [6.45, 7) is 4.18. The van der Waals surface area contributed by atoms with Gasteiger partial charge in [-0.25, -0.2) is 9.18 Å². The van der Waals surface area contributed by atoms with E-state index in [0.717, 1.165) is 11.0 Å². The Bertz CT molecular complexity index is 1630. The van der Waals surface area contributed by atoms with Crippen LogP contribution in [0.25, 0.3) is 11.1 Å². The first kappa shape index (κ1) is 32.5. The lowest BCUT2D eigenvalue weighted by molar-refractivity contribution is -0.167. The third-order valence-corrected chi connectivity index (χ3v) is 7.79. The van der Waals surface area contributed by atoms with Crippen LogP contribution < -0.4 is 20.5 Å². The zero-order valence-corrected chi connectivity index (χ0v) is 24.8. The number of methoxy groups -OCH3 is 1. The van der Waals surface area contributed by atoms with Crippen LogP contribution in [-0.2, 0) is 23.0 Å². The third-order valence-electron chi connectivity index (χ3n) is 7.79. The number of aromatic nitrogens is 1. The van der Waals surface area contributed by atoms with Crippen LogP contribution in [0.1, 0.15) is 32.7 Å². The topological polar surface area (TPSA) is 110 Å². The molecule has 236 valence electrons. The van der Waals surface area contributed by atoms with Crippen molar-refractivity contribution >= 4 is 17.6 Å². The highest BCUT2D eigenvalue weighted by molar-refractivity contribution is 5.98. The zero-order chi connectivity index (χ0) is 32.5. The average Bonchev–Trinajstić information content (AvgIpc) is 2.95. The van der Waals surface area contributed by atoms with Gasteiger partial charge in [0, 0.05) is 37.5 Å². The minimum atomic E-state index is -4.62. The first-order valence-electron chi connectivity index (χ1n) is 13.7. The van der Waals surface area contributed by atoms with Crippen molar-refractivity contribution in [1.82, 2.24) is 9.88 Å². The summed E-state index contributed by atoms with van der Waals surface area (Å²) >= 11 is 0. The molecule has 0 radical (unpaired) electrons. The molecule has 2 heterocycles. The van der Waals surface area contributed by atoms with Gasteiger partial charge >= 0.3 is 12.1 Å². The van der Waals surface area contributed by atoms with E-state index in [1.165, 1.54) is 24.7 Å². The Kier molecular flexibility index (Phi) is 9.38. The lowest BCUT2D eigenvalue weighted by atomic mass is 9.95. The van der Waals surface area contributed by atoms with Gasteiger partial charge in [0.05, 0.1) is 31.5 Å². The number of ether oxygens (including phenoxy) is 2. The van der Waals surface area contributed by atoms with Crippen LogP contribution in [0.5, 0.6) is 5.75 Å². The Balaban J connectivity index is 1.57. The number of aryl methyl sites for hydroxylation is 3. The molecule has 0 saturated carbocycles. The van der Waals surface area contributed by atoms with E-state index in [2.05, 4.69) is 5.32 Å². The summed E-state index contributed by atoms with van der Waals surface area (Å²) in [6.07, 6.45) is -4.78. The van der Waals surface area contributed by atoms with E-state index in [1.54, 1.807) is 45.2 Å². The maximum absolute atomic E-state index is 15.2. The number of carboxylic acid groups (broad SMARTS) is 1. The Morgan fingerprint density at radius 3 is 2.43 bits per heavy atom. The molecule has 4 rings (SSSR count). The molecule has 1 aromatic heterocycles. The van der Waals surface area contributed by atoms with E-state index in [4.69, 9.17) is 9.47 Å². The van der Waals surface area contributed by atoms with Gasteiger partial charge in [0.15, 0.2) is 0 Å². The first-order valence-corrected chi connectivity index (χ1v) is 13.7. The molecule has 2 atom stereocenters. The largest absolute Gasteiger partial charge is 0.496 e. The highest BCUT2D eigenvalue weighted by Gasteiger charge is 2.45. The van der Waals surface area contributed by atoms with E-state index in [0.29, 0.717) is 33.7 Å². The summed E-state index contributed by atoms with van der Waals surface area (Å²) in [5, 5.41) is 12.2. The molecular weight excluding hydrogens is 586 g/mol. The minimum absolute atomic E-state index is 0.0193. The van der Waals surface area contributed by atoms with Gasteiger partial charge < -0.3 is 29.4 Å². The zero-order valence-electron chi connectivity index (χ0n) is 24.8. The second kappa shape index (κ2) is 12.7. The average molecular weight is 620 g/mol. The Labute approximate surface area is 251 Å². The highest BCUT2D eigenvalue weighted by atomic mass is 19.4. The normalized spacial score (nSPS) is 16.0. The number of nitrogens with one attached hydrogen (secondary N) is 1. The fourth-order valence-electron chi connectivity index (χ4n) is 5.36. The number of aliphatic carboxylic acids is 1. The number of pyridine rings is 1. The number of carbonyl (C=O) groups is 2. The van der Waals surface area contributed by atoms with Crippen LogP contribution in [-0.4, -0.2) is 66.7 Å². The van der Waals surface area contributed by atoms with Crippen LogP contribution in [0, 0.1) is 26.6 Å². The van der Waals surface area contributed by atoms with E-state index in [9.17, 15) is 32.7 Å². The van der Waals surface area contributed by atoms with E-state index in [1.807, 2.05) is 0 Å². The van der Waals surface area contributed by atoms with Gasteiger partial charge in [0.25, 0.3) is 11.5 Å². The van der Waals surface area contributed by atoms with Crippen LogP contribution >= 0.6 is 0 Å². The quantitative estimate of drug-likeness (QED) is 0.362. The lowest BCUT2D eigenvalue weighted by Crippen LogP contribution is -2.53. The van der Waals surface area contributed by atoms with Crippen molar-refractivity contribution in [1.29, 1.82) is 0 Å². The number of alkyl halides is 3. The molecule has 0 aliphatic carbocycles. The molecule has 44 heavy (non-hydrogen) atoms. The lowest BCUT2D eigenvalue weighted by Gasteiger charge is -2.38. The van der Waals surface area contributed by atoms with Crippen LogP contribution in [0.4, 0.5) is 23.2 Å². The van der Waals surface area contributed by atoms with Crippen LogP contribution in [0.3, 0.4) is 0 Å². The van der Waals surface area contributed by atoms with Crippen molar-refractivity contribution in [2.45, 2.75) is 45.5 Å². The summed E-state index contributed by atoms with van der Waals surface area (Å²) in [4.78, 5) is 39.2. The molecule has 3 aromatic rings. The van der Waals surface area contributed by atoms with Crippen molar-refractivity contribution in [3.8, 4) is 16.9 Å². The number of rotatable bonds is 8. The number of anilines is 1. The molecule has 2 N–H and O–H groups in total.